The number of nitrogens with one attached hydrogen (secondary N) is 2. The number of fused-ring (bicyclic) bond motifs is 1. The van der Waals surface area contributed by atoms with Crippen LogP contribution in [0.15, 0.2) is 71.9 Å². The van der Waals surface area contributed by atoms with Gasteiger partial charge in [-0.3, -0.25) is 14.4 Å². The first-order valence-electron chi connectivity index (χ1n) is 20.6. The molecule has 0 saturated heterocycles. The van der Waals surface area contributed by atoms with Crippen molar-refractivity contribution in [2.24, 2.45) is 17.0 Å². The summed E-state index contributed by atoms with van der Waals surface area (Å²) in [5, 5.41) is 9.65. The molecule has 13 nitrogen and oxygen atoms in total. The quantitative estimate of drug-likeness (QED) is 0.186. The number of rotatable bonds is 11. The maximum atomic E-state index is 14.9. The lowest BCUT2D eigenvalue weighted by atomic mass is 9.84. The van der Waals surface area contributed by atoms with E-state index in [4.69, 9.17) is 25.9 Å². The van der Waals surface area contributed by atoms with E-state index in [0.29, 0.717) is 42.7 Å². The summed E-state index contributed by atoms with van der Waals surface area (Å²) < 4.78 is 25.7. The van der Waals surface area contributed by atoms with Gasteiger partial charge in [-0.2, -0.15) is 0 Å². The second-order valence-electron chi connectivity index (χ2n) is 17.2. The standard InChI is InChI=1S/C46H53ClFN5O8/c1-26(2)25-59-44(57)29-14-16-30(17-15-29)49-41(54)40-33-11-8-10-31(28-18-21-52(22-19-28)43(56)39(27(3)4)50-45(58)60-46(5,6)7)32(33)20-23-53(40)42(55)37-24-36(51-61-37)34-12-9-13-35(47)38(34)48/h8-18,26-27,37,39-40H,19-25H2,1-7H3,(H,49,54)(H,50,58)/t37-,39+,40+/m1/s1. The fourth-order valence-electron chi connectivity index (χ4n) is 7.56. The number of oxime groups is 1. The van der Waals surface area contributed by atoms with Crippen molar-refractivity contribution in [2.75, 3.05) is 31.6 Å². The van der Waals surface area contributed by atoms with Crippen LogP contribution in [0.1, 0.15) is 100.0 Å². The summed E-state index contributed by atoms with van der Waals surface area (Å²) >= 11 is 6.03. The van der Waals surface area contributed by atoms with Crippen LogP contribution in [0.2, 0.25) is 5.02 Å². The van der Waals surface area contributed by atoms with Gasteiger partial charge in [-0.15, -0.1) is 0 Å². The minimum absolute atomic E-state index is 0.0325. The SMILES string of the molecule is CC(C)COC(=O)c1ccc(NC(=O)[C@@H]2c3cccc(C4=CCN(C(=O)[C@@H](NC(=O)OC(C)(C)C)C(C)C)CC4)c3CCN2C(=O)[C@H]2CC(c3cccc(Cl)c3F)=NO2)cc1. The zero-order valence-corrected chi connectivity index (χ0v) is 36.3. The minimum atomic E-state index is -1.12. The number of carbonyl (C=O) groups excluding carboxylic acids is 5. The van der Waals surface area contributed by atoms with Gasteiger partial charge in [-0.1, -0.05) is 74.8 Å². The molecule has 3 heterocycles. The van der Waals surface area contributed by atoms with Gasteiger partial charge >= 0.3 is 12.1 Å². The molecule has 3 aliphatic heterocycles. The largest absolute Gasteiger partial charge is 0.462 e. The smallest absolute Gasteiger partial charge is 0.408 e. The van der Waals surface area contributed by atoms with Gasteiger partial charge in [-0.25, -0.2) is 14.0 Å². The molecule has 0 fully saturated rings. The van der Waals surface area contributed by atoms with Gasteiger partial charge in [0.05, 0.1) is 22.9 Å². The molecule has 324 valence electrons. The maximum Gasteiger partial charge on any atom is 0.408 e. The van der Waals surface area contributed by atoms with Gasteiger partial charge < -0.3 is 34.7 Å². The number of hydrogen-bond donors (Lipinski definition) is 2. The van der Waals surface area contributed by atoms with E-state index in [1.807, 2.05) is 52.0 Å². The summed E-state index contributed by atoms with van der Waals surface area (Å²) in [6.07, 6.45) is 1.11. The lowest BCUT2D eigenvalue weighted by Gasteiger charge is -2.38. The van der Waals surface area contributed by atoms with Crippen LogP contribution in [0.4, 0.5) is 14.9 Å². The summed E-state index contributed by atoms with van der Waals surface area (Å²) in [4.78, 5) is 76.5. The monoisotopic (exact) mass is 857 g/mol. The Labute approximate surface area is 360 Å². The molecule has 3 aromatic rings. The molecular formula is C46H53ClFN5O8. The van der Waals surface area contributed by atoms with Crippen molar-refractivity contribution < 1.29 is 42.7 Å². The van der Waals surface area contributed by atoms with Crippen LogP contribution in [0.25, 0.3) is 5.57 Å². The number of anilines is 1. The van der Waals surface area contributed by atoms with Crippen LogP contribution in [0.3, 0.4) is 0 Å². The Hall–Kier alpha value is -5.76. The Morgan fingerprint density at radius 1 is 0.951 bits per heavy atom. The molecule has 15 heteroatoms. The highest BCUT2D eigenvalue weighted by Gasteiger charge is 2.42. The summed E-state index contributed by atoms with van der Waals surface area (Å²) in [5.41, 5.74) is 3.76. The lowest BCUT2D eigenvalue weighted by Crippen LogP contribution is -2.53. The number of hydrogen-bond acceptors (Lipinski definition) is 9. The first-order valence-corrected chi connectivity index (χ1v) is 20.9. The van der Waals surface area contributed by atoms with Crippen molar-refractivity contribution in [3.05, 3.63) is 105 Å². The van der Waals surface area contributed by atoms with Crippen molar-refractivity contribution in [1.82, 2.24) is 15.1 Å². The van der Waals surface area contributed by atoms with Crippen molar-refractivity contribution >= 4 is 58.4 Å². The van der Waals surface area contributed by atoms with Gasteiger partial charge in [0.2, 0.25) is 12.0 Å². The topological polar surface area (TPSA) is 156 Å². The van der Waals surface area contributed by atoms with Gasteiger partial charge in [0, 0.05) is 37.3 Å². The number of nitrogens with zero attached hydrogens (tertiary/aromatic N) is 3. The molecule has 0 unspecified atom stereocenters. The number of amides is 4. The number of esters is 1. The van der Waals surface area contributed by atoms with Crippen LogP contribution in [-0.4, -0.2) is 89.3 Å². The molecule has 3 aliphatic rings. The van der Waals surface area contributed by atoms with Gasteiger partial charge in [-0.05, 0) is 104 Å². The minimum Gasteiger partial charge on any atom is -0.462 e. The third-order valence-corrected chi connectivity index (χ3v) is 10.9. The molecule has 0 bridgehead atoms. The number of ether oxygens (including phenoxy) is 2. The molecule has 0 spiro atoms. The number of carbonyl (C=O) groups is 5. The highest BCUT2D eigenvalue weighted by atomic mass is 35.5. The van der Waals surface area contributed by atoms with E-state index in [1.54, 1.807) is 56.0 Å². The predicted molar refractivity (Wildman–Crippen MR) is 229 cm³/mol. The van der Waals surface area contributed by atoms with Gasteiger partial charge in [0.15, 0.2) is 5.82 Å². The van der Waals surface area contributed by atoms with Gasteiger partial charge in [0.1, 0.15) is 17.7 Å². The van der Waals surface area contributed by atoms with Crippen molar-refractivity contribution in [3.8, 4) is 0 Å². The van der Waals surface area contributed by atoms with E-state index in [1.165, 1.54) is 17.0 Å². The molecule has 0 aliphatic carbocycles. The molecular weight excluding hydrogens is 805 g/mol. The van der Waals surface area contributed by atoms with Crippen LogP contribution in [0.5, 0.6) is 0 Å². The molecule has 3 aromatic carbocycles. The molecule has 0 aromatic heterocycles. The van der Waals surface area contributed by atoms with Gasteiger partial charge in [0.25, 0.3) is 11.8 Å². The summed E-state index contributed by atoms with van der Waals surface area (Å²) in [5.74, 6) is -2.36. The molecule has 3 atom stereocenters. The average molecular weight is 858 g/mol. The van der Waals surface area contributed by atoms with E-state index >= 15 is 0 Å². The first kappa shape index (κ1) is 44.8. The Bertz CT molecular complexity index is 2230. The Morgan fingerprint density at radius 2 is 1.66 bits per heavy atom. The molecule has 6 rings (SSSR count). The van der Waals surface area contributed by atoms with Crippen LogP contribution in [0, 0.1) is 17.7 Å². The summed E-state index contributed by atoms with van der Waals surface area (Å²) in [6, 6.07) is 14.6. The Kier molecular flexibility index (Phi) is 13.9. The van der Waals surface area contributed by atoms with Crippen LogP contribution in [-0.2, 0) is 35.1 Å². The van der Waals surface area contributed by atoms with Crippen LogP contribution >= 0.6 is 11.6 Å². The van der Waals surface area contributed by atoms with E-state index in [-0.39, 0.29) is 53.6 Å². The molecule has 0 saturated carbocycles. The second-order valence-corrected chi connectivity index (χ2v) is 17.6. The van der Waals surface area contributed by atoms with E-state index in [0.717, 1.165) is 16.7 Å². The zero-order chi connectivity index (χ0) is 44.2. The van der Waals surface area contributed by atoms with E-state index < -0.39 is 53.5 Å². The highest BCUT2D eigenvalue weighted by Crippen LogP contribution is 2.38. The molecule has 2 N–H and O–H groups in total. The maximum absolute atomic E-state index is 14.9. The van der Waals surface area contributed by atoms with Crippen molar-refractivity contribution in [1.29, 1.82) is 0 Å². The fraction of sp³-hybridized carbons (Fsp3) is 0.435. The predicted octanol–water partition coefficient (Wildman–Crippen LogP) is 7.71. The lowest BCUT2D eigenvalue weighted by molar-refractivity contribution is -0.148. The number of halogens is 2. The van der Waals surface area contributed by atoms with Crippen molar-refractivity contribution in [3.63, 3.8) is 0 Å². The molecule has 0 radical (unpaired) electrons. The summed E-state index contributed by atoms with van der Waals surface area (Å²) in [7, 11) is 0. The van der Waals surface area contributed by atoms with Crippen LogP contribution < -0.4 is 10.6 Å². The van der Waals surface area contributed by atoms with E-state index in [9.17, 15) is 28.4 Å². The van der Waals surface area contributed by atoms with E-state index in [2.05, 4.69) is 15.8 Å². The summed E-state index contributed by atoms with van der Waals surface area (Å²) in [6.45, 7) is 14.0. The second kappa shape index (κ2) is 18.9. The average Bonchev–Trinajstić information content (AvgIpc) is 3.71. The Morgan fingerprint density at radius 3 is 2.31 bits per heavy atom. The third-order valence-electron chi connectivity index (χ3n) is 10.6. The zero-order valence-electron chi connectivity index (χ0n) is 35.6. The highest BCUT2D eigenvalue weighted by molar-refractivity contribution is 6.31. The Balaban J connectivity index is 1.25. The fourth-order valence-corrected chi connectivity index (χ4v) is 7.73. The third kappa shape index (κ3) is 10.6. The molecule has 61 heavy (non-hydrogen) atoms. The number of benzene rings is 3. The first-order chi connectivity index (χ1) is 28.9. The number of alkyl carbamates (subject to hydrolysis) is 1. The normalized spacial score (nSPS) is 18.1. The van der Waals surface area contributed by atoms with Crippen molar-refractivity contribution in [2.45, 2.75) is 91.5 Å². The molecule has 4 amide bonds.